The highest BCUT2D eigenvalue weighted by Gasteiger charge is 2.43. The molecule has 1 rings (SSSR count). The molecule has 1 saturated carbocycles. The second-order valence-corrected chi connectivity index (χ2v) is 4.69. The largest absolute Gasteiger partial charge is 0.480 e. The maximum Gasteiger partial charge on any atom is 0.326 e. The summed E-state index contributed by atoms with van der Waals surface area (Å²) in [6.07, 6.45) is 2.87. The molecule has 1 aliphatic carbocycles. The summed E-state index contributed by atoms with van der Waals surface area (Å²) in [5.41, 5.74) is 5.29. The molecule has 1 amide bonds. The number of aliphatic carboxylic acids is 1. The van der Waals surface area contributed by atoms with E-state index in [0.717, 1.165) is 19.3 Å². The monoisotopic (exact) mass is 228 g/mol. The zero-order chi connectivity index (χ0) is 12.3. The Kier molecular flexibility index (Phi) is 3.91. The van der Waals surface area contributed by atoms with Crippen molar-refractivity contribution in [3.63, 3.8) is 0 Å². The summed E-state index contributed by atoms with van der Waals surface area (Å²) in [6.45, 7) is 3.55. The number of carboxylic acids is 1. The average molecular weight is 228 g/mol. The van der Waals surface area contributed by atoms with Gasteiger partial charge in [0.1, 0.15) is 6.04 Å². The molecule has 3 atom stereocenters. The van der Waals surface area contributed by atoms with E-state index in [1.54, 1.807) is 6.92 Å². The van der Waals surface area contributed by atoms with Crippen molar-refractivity contribution in [3.05, 3.63) is 0 Å². The van der Waals surface area contributed by atoms with Crippen LogP contribution in [-0.4, -0.2) is 29.1 Å². The third kappa shape index (κ3) is 2.35. The third-order valence-electron chi connectivity index (χ3n) is 3.56. The van der Waals surface area contributed by atoms with Crippen molar-refractivity contribution in [3.8, 4) is 0 Å². The molecule has 1 aliphatic rings. The van der Waals surface area contributed by atoms with Crippen LogP contribution in [0.1, 0.15) is 39.5 Å². The van der Waals surface area contributed by atoms with E-state index in [1.807, 2.05) is 6.92 Å². The van der Waals surface area contributed by atoms with Gasteiger partial charge in [0.2, 0.25) is 5.91 Å². The van der Waals surface area contributed by atoms with Gasteiger partial charge in [0.25, 0.3) is 0 Å². The first-order chi connectivity index (χ1) is 7.41. The molecule has 0 aromatic rings. The standard InChI is InChI=1S/C11H20N2O3/c1-3-7(9(14)15)13-10(16)11(2)6-4-5-8(11)12/h7-8H,3-6,12H2,1-2H3,(H,13,16)(H,14,15)/t7-,8?,11?/m1/s1. The van der Waals surface area contributed by atoms with Gasteiger partial charge in [0, 0.05) is 6.04 Å². The normalized spacial score (nSPS) is 31.1. The smallest absolute Gasteiger partial charge is 0.326 e. The molecule has 0 bridgehead atoms. The lowest BCUT2D eigenvalue weighted by Gasteiger charge is -2.29. The molecule has 2 unspecified atom stereocenters. The van der Waals surface area contributed by atoms with Crippen LogP contribution in [0.3, 0.4) is 0 Å². The van der Waals surface area contributed by atoms with Crippen LogP contribution in [-0.2, 0) is 9.59 Å². The second-order valence-electron chi connectivity index (χ2n) is 4.69. The van der Waals surface area contributed by atoms with Crippen LogP contribution in [0.25, 0.3) is 0 Å². The van der Waals surface area contributed by atoms with Gasteiger partial charge < -0.3 is 16.2 Å². The molecule has 0 spiro atoms. The van der Waals surface area contributed by atoms with Crippen molar-refractivity contribution in [2.24, 2.45) is 11.1 Å². The number of nitrogens with one attached hydrogen (secondary N) is 1. The van der Waals surface area contributed by atoms with Crippen molar-refractivity contribution in [2.75, 3.05) is 0 Å². The lowest BCUT2D eigenvalue weighted by molar-refractivity contribution is -0.143. The van der Waals surface area contributed by atoms with Gasteiger partial charge in [-0.25, -0.2) is 4.79 Å². The van der Waals surface area contributed by atoms with Gasteiger partial charge in [-0.1, -0.05) is 13.3 Å². The first kappa shape index (κ1) is 13.0. The van der Waals surface area contributed by atoms with Gasteiger partial charge in [-0.15, -0.1) is 0 Å². The first-order valence-corrected chi connectivity index (χ1v) is 5.71. The summed E-state index contributed by atoms with van der Waals surface area (Å²) < 4.78 is 0. The summed E-state index contributed by atoms with van der Waals surface area (Å²) in [5.74, 6) is -1.22. The Labute approximate surface area is 95.4 Å². The van der Waals surface area contributed by atoms with Gasteiger partial charge in [0.05, 0.1) is 5.41 Å². The molecular weight excluding hydrogens is 208 g/mol. The van der Waals surface area contributed by atoms with Crippen molar-refractivity contribution in [1.82, 2.24) is 5.32 Å². The molecule has 16 heavy (non-hydrogen) atoms. The highest BCUT2D eigenvalue weighted by atomic mass is 16.4. The van der Waals surface area contributed by atoms with E-state index in [0.29, 0.717) is 6.42 Å². The first-order valence-electron chi connectivity index (χ1n) is 5.71. The maximum absolute atomic E-state index is 12.0. The van der Waals surface area contributed by atoms with Crippen LogP contribution in [0.5, 0.6) is 0 Å². The molecule has 0 radical (unpaired) electrons. The Morgan fingerprint density at radius 1 is 1.62 bits per heavy atom. The van der Waals surface area contributed by atoms with Crippen LogP contribution >= 0.6 is 0 Å². The Morgan fingerprint density at radius 3 is 2.62 bits per heavy atom. The van der Waals surface area contributed by atoms with Crippen molar-refractivity contribution < 1.29 is 14.7 Å². The number of rotatable bonds is 4. The van der Waals surface area contributed by atoms with Gasteiger partial charge in [-0.3, -0.25) is 4.79 Å². The molecule has 1 fully saturated rings. The van der Waals surface area contributed by atoms with Gasteiger partial charge in [-0.05, 0) is 26.2 Å². The number of carbonyl (C=O) groups is 2. The quantitative estimate of drug-likeness (QED) is 0.652. The lowest BCUT2D eigenvalue weighted by Crippen LogP contribution is -2.52. The number of nitrogens with two attached hydrogens (primary N) is 1. The number of hydrogen-bond donors (Lipinski definition) is 3. The molecule has 0 heterocycles. The Morgan fingerprint density at radius 2 is 2.25 bits per heavy atom. The van der Waals surface area contributed by atoms with Gasteiger partial charge in [0.15, 0.2) is 0 Å². The second kappa shape index (κ2) is 4.82. The zero-order valence-corrected chi connectivity index (χ0v) is 9.82. The summed E-state index contributed by atoms with van der Waals surface area (Å²) in [6, 6.07) is -0.976. The topological polar surface area (TPSA) is 92.4 Å². The molecule has 0 saturated heterocycles. The van der Waals surface area contributed by atoms with Crippen molar-refractivity contribution in [1.29, 1.82) is 0 Å². The highest BCUT2D eigenvalue weighted by Crippen LogP contribution is 2.36. The van der Waals surface area contributed by atoms with Crippen LogP contribution < -0.4 is 11.1 Å². The van der Waals surface area contributed by atoms with Crippen molar-refractivity contribution >= 4 is 11.9 Å². The molecule has 0 aromatic carbocycles. The van der Waals surface area contributed by atoms with Crippen LogP contribution in [0.2, 0.25) is 0 Å². The SMILES string of the molecule is CC[C@@H](NC(=O)C1(C)CCCC1N)C(=O)O. The van der Waals surface area contributed by atoms with Crippen LogP contribution in [0.4, 0.5) is 0 Å². The molecule has 0 aliphatic heterocycles. The number of carboxylic acid groups (broad SMARTS) is 1. The van der Waals surface area contributed by atoms with Gasteiger partial charge >= 0.3 is 5.97 Å². The molecular formula is C11H20N2O3. The fourth-order valence-corrected chi connectivity index (χ4v) is 2.14. The Bertz CT molecular complexity index is 293. The van der Waals surface area contributed by atoms with E-state index in [9.17, 15) is 9.59 Å². The van der Waals surface area contributed by atoms with Crippen LogP contribution in [0.15, 0.2) is 0 Å². The molecule has 92 valence electrons. The Hall–Kier alpha value is -1.10. The highest BCUT2D eigenvalue weighted by molar-refractivity contribution is 5.88. The number of carbonyl (C=O) groups excluding carboxylic acids is 1. The van der Waals surface area contributed by atoms with E-state index in [4.69, 9.17) is 10.8 Å². The van der Waals surface area contributed by atoms with Crippen LogP contribution in [0, 0.1) is 5.41 Å². The van der Waals surface area contributed by atoms with E-state index in [1.165, 1.54) is 0 Å². The maximum atomic E-state index is 12.0. The third-order valence-corrected chi connectivity index (χ3v) is 3.56. The van der Waals surface area contributed by atoms with Crippen molar-refractivity contribution in [2.45, 2.75) is 51.6 Å². The number of hydrogen-bond acceptors (Lipinski definition) is 3. The fraction of sp³-hybridized carbons (Fsp3) is 0.818. The fourth-order valence-electron chi connectivity index (χ4n) is 2.14. The molecule has 4 N–H and O–H groups in total. The van der Waals surface area contributed by atoms with E-state index >= 15 is 0 Å². The lowest BCUT2D eigenvalue weighted by atomic mass is 9.84. The molecule has 5 nitrogen and oxygen atoms in total. The summed E-state index contributed by atoms with van der Waals surface area (Å²) in [5, 5.41) is 11.4. The summed E-state index contributed by atoms with van der Waals surface area (Å²) in [4.78, 5) is 22.8. The Balaban J connectivity index is 2.67. The summed E-state index contributed by atoms with van der Waals surface area (Å²) in [7, 11) is 0. The molecule has 0 aromatic heterocycles. The van der Waals surface area contributed by atoms with Gasteiger partial charge in [-0.2, -0.15) is 0 Å². The summed E-state index contributed by atoms with van der Waals surface area (Å²) >= 11 is 0. The average Bonchev–Trinajstić information content (AvgIpc) is 2.56. The predicted octanol–water partition coefficient (Wildman–Crippen LogP) is 0.483. The zero-order valence-electron chi connectivity index (χ0n) is 9.82. The van der Waals surface area contributed by atoms with E-state index < -0.39 is 17.4 Å². The van der Waals surface area contributed by atoms with E-state index in [-0.39, 0.29) is 11.9 Å². The minimum atomic E-state index is -0.994. The predicted molar refractivity (Wildman–Crippen MR) is 59.8 cm³/mol. The number of amides is 1. The minimum absolute atomic E-state index is 0.168. The van der Waals surface area contributed by atoms with E-state index in [2.05, 4.69) is 5.32 Å². The minimum Gasteiger partial charge on any atom is -0.480 e. The molecule has 5 heteroatoms.